The van der Waals surface area contributed by atoms with Gasteiger partial charge in [-0.25, -0.2) is 0 Å². The number of rotatable bonds is 5. The first-order chi connectivity index (χ1) is 19.8. The quantitative estimate of drug-likeness (QED) is 0.160. The Morgan fingerprint density at radius 2 is 1.18 bits per heavy atom. The molecule has 190 valence electrons. The number of fused-ring (bicyclic) bond motifs is 5. The first kappa shape index (κ1) is 23.9. The third kappa shape index (κ3) is 3.71. The van der Waals surface area contributed by atoms with Crippen LogP contribution in [-0.4, -0.2) is 4.57 Å². The minimum absolute atomic E-state index is 1.16. The van der Waals surface area contributed by atoms with Crippen LogP contribution in [0, 0.1) is 0 Å². The van der Waals surface area contributed by atoms with Gasteiger partial charge in [0.25, 0.3) is 0 Å². The molecule has 0 radical (unpaired) electrons. The molecule has 1 aromatic heterocycles. The predicted molar refractivity (Wildman–Crippen MR) is 174 cm³/mol. The number of aromatic nitrogens is 1. The van der Waals surface area contributed by atoms with Crippen molar-refractivity contribution in [3.8, 4) is 16.8 Å². The fourth-order valence-corrected chi connectivity index (χ4v) is 6.26. The van der Waals surface area contributed by atoms with Crippen LogP contribution in [0.1, 0.15) is 12.5 Å². The molecule has 0 unspecified atom stereocenters. The van der Waals surface area contributed by atoms with Crippen molar-refractivity contribution in [2.75, 3.05) is 0 Å². The van der Waals surface area contributed by atoms with E-state index in [-0.39, 0.29) is 0 Å². The van der Waals surface area contributed by atoms with E-state index in [2.05, 4.69) is 158 Å². The predicted octanol–water partition coefficient (Wildman–Crippen LogP) is 10.9. The van der Waals surface area contributed by atoms with Crippen molar-refractivity contribution in [1.29, 1.82) is 0 Å². The van der Waals surface area contributed by atoms with E-state index in [4.69, 9.17) is 0 Å². The highest BCUT2D eigenvalue weighted by Gasteiger charge is 2.18. The fourth-order valence-electron chi connectivity index (χ4n) is 6.26. The van der Waals surface area contributed by atoms with Gasteiger partial charge in [0, 0.05) is 16.5 Å². The molecule has 1 nitrogen and oxygen atoms in total. The second-order valence-electron chi connectivity index (χ2n) is 10.1. The maximum Gasteiger partial charge on any atom is 0.0541 e. The third-order valence-corrected chi connectivity index (χ3v) is 7.84. The molecule has 1 heterocycles. The summed E-state index contributed by atoms with van der Waals surface area (Å²) < 4.78 is 2.37. The second kappa shape index (κ2) is 9.87. The molecular weight excluding hydrogens is 482 g/mol. The number of para-hydroxylation sites is 2. The van der Waals surface area contributed by atoms with E-state index in [1.54, 1.807) is 0 Å². The molecule has 1 heteroatoms. The number of hydrogen-bond donors (Lipinski definition) is 0. The molecule has 0 aliphatic rings. The van der Waals surface area contributed by atoms with E-state index in [1.165, 1.54) is 65.7 Å². The van der Waals surface area contributed by atoms with Gasteiger partial charge in [-0.15, -0.1) is 0 Å². The van der Waals surface area contributed by atoms with E-state index < -0.39 is 0 Å². The lowest BCUT2D eigenvalue weighted by atomic mass is 9.85. The lowest BCUT2D eigenvalue weighted by Gasteiger charge is -2.18. The van der Waals surface area contributed by atoms with E-state index in [0.29, 0.717) is 0 Å². The van der Waals surface area contributed by atoms with Gasteiger partial charge in [-0.3, -0.25) is 0 Å². The van der Waals surface area contributed by atoms with Crippen LogP contribution in [0.4, 0.5) is 0 Å². The van der Waals surface area contributed by atoms with Gasteiger partial charge in [-0.1, -0.05) is 122 Å². The third-order valence-electron chi connectivity index (χ3n) is 7.84. The van der Waals surface area contributed by atoms with Crippen molar-refractivity contribution in [2.24, 2.45) is 0 Å². The summed E-state index contributed by atoms with van der Waals surface area (Å²) in [6.45, 7) is 6.07. The van der Waals surface area contributed by atoms with Gasteiger partial charge in [0.1, 0.15) is 0 Å². The highest BCUT2D eigenvalue weighted by Crippen LogP contribution is 2.43. The summed E-state index contributed by atoms with van der Waals surface area (Å²) >= 11 is 0. The zero-order valence-corrected chi connectivity index (χ0v) is 22.5. The van der Waals surface area contributed by atoms with Crippen molar-refractivity contribution in [2.45, 2.75) is 6.92 Å². The SMILES string of the molecule is C=C/C=C(\C=C/C)c1c2ccccc2c(-c2ccc3c(c2)c2ccccc2n3-c2ccccc2)c2ccccc12. The average Bonchev–Trinajstić information content (AvgIpc) is 3.34. The van der Waals surface area contributed by atoms with Crippen molar-refractivity contribution in [3.05, 3.63) is 158 Å². The van der Waals surface area contributed by atoms with E-state index in [1.807, 2.05) is 6.08 Å². The first-order valence-corrected chi connectivity index (χ1v) is 13.8. The van der Waals surface area contributed by atoms with Gasteiger partial charge in [-0.2, -0.15) is 0 Å². The van der Waals surface area contributed by atoms with Crippen LogP contribution in [0.3, 0.4) is 0 Å². The molecule has 40 heavy (non-hydrogen) atoms. The molecule has 0 aliphatic heterocycles. The Hall–Kier alpha value is -5.14. The molecule has 0 spiro atoms. The molecule has 0 atom stereocenters. The number of benzene rings is 6. The van der Waals surface area contributed by atoms with Crippen molar-refractivity contribution in [1.82, 2.24) is 4.57 Å². The van der Waals surface area contributed by atoms with Crippen molar-refractivity contribution >= 4 is 48.9 Å². The lowest BCUT2D eigenvalue weighted by Crippen LogP contribution is -1.94. The second-order valence-corrected chi connectivity index (χ2v) is 10.1. The van der Waals surface area contributed by atoms with Crippen molar-refractivity contribution in [3.63, 3.8) is 0 Å². The Bertz CT molecular complexity index is 2060. The molecule has 0 saturated carbocycles. The van der Waals surface area contributed by atoms with E-state index in [9.17, 15) is 0 Å². The fraction of sp³-hybridized carbons (Fsp3) is 0.0256. The molecular formula is C39H29N. The molecule has 0 N–H and O–H groups in total. The Morgan fingerprint density at radius 1 is 0.600 bits per heavy atom. The summed E-state index contributed by atoms with van der Waals surface area (Å²) in [5.41, 5.74) is 8.51. The minimum atomic E-state index is 1.16. The van der Waals surface area contributed by atoms with Crippen LogP contribution >= 0.6 is 0 Å². The number of hydrogen-bond acceptors (Lipinski definition) is 0. The van der Waals surface area contributed by atoms with Gasteiger partial charge in [0.15, 0.2) is 0 Å². The number of allylic oxidation sites excluding steroid dienone is 5. The summed E-state index contributed by atoms with van der Waals surface area (Å²) in [5.74, 6) is 0. The number of nitrogens with zero attached hydrogens (tertiary/aromatic N) is 1. The summed E-state index contributed by atoms with van der Waals surface area (Å²) in [6.07, 6.45) is 8.27. The maximum atomic E-state index is 4.00. The van der Waals surface area contributed by atoms with Crippen LogP contribution in [0.25, 0.3) is 65.7 Å². The largest absolute Gasteiger partial charge is 0.309 e. The van der Waals surface area contributed by atoms with Crippen LogP contribution < -0.4 is 0 Å². The smallest absolute Gasteiger partial charge is 0.0541 e. The van der Waals surface area contributed by atoms with Crippen LogP contribution in [-0.2, 0) is 0 Å². The Balaban J connectivity index is 1.59. The normalized spacial score (nSPS) is 12.3. The first-order valence-electron chi connectivity index (χ1n) is 13.8. The van der Waals surface area contributed by atoms with Crippen LogP contribution in [0.5, 0.6) is 0 Å². The molecule has 7 aromatic rings. The highest BCUT2D eigenvalue weighted by molar-refractivity contribution is 6.20. The van der Waals surface area contributed by atoms with Gasteiger partial charge >= 0.3 is 0 Å². The molecule has 0 fully saturated rings. The Kier molecular flexibility index (Phi) is 5.91. The molecule has 0 bridgehead atoms. The van der Waals surface area contributed by atoms with E-state index >= 15 is 0 Å². The Labute approximate surface area is 234 Å². The highest BCUT2D eigenvalue weighted by atomic mass is 15.0. The van der Waals surface area contributed by atoms with Gasteiger partial charge in [0.2, 0.25) is 0 Å². The van der Waals surface area contributed by atoms with Gasteiger partial charge in [-0.05, 0) is 81.1 Å². The van der Waals surface area contributed by atoms with Gasteiger partial charge in [0.05, 0.1) is 11.0 Å². The zero-order valence-electron chi connectivity index (χ0n) is 22.5. The molecule has 6 aromatic carbocycles. The molecule has 0 aliphatic carbocycles. The van der Waals surface area contributed by atoms with Crippen molar-refractivity contribution < 1.29 is 0 Å². The molecule has 7 rings (SSSR count). The van der Waals surface area contributed by atoms with Gasteiger partial charge < -0.3 is 4.57 Å². The average molecular weight is 512 g/mol. The summed E-state index contributed by atoms with van der Waals surface area (Å²) in [5, 5.41) is 7.51. The lowest BCUT2D eigenvalue weighted by molar-refractivity contribution is 1.18. The molecule has 0 amide bonds. The standard InChI is InChI=1S/C39H29N/c1-3-14-27(15-4-2)38-31-19-8-10-21-33(31)39(34-22-11-9-20-32(34)38)28-24-25-37-35(26-28)30-18-12-13-23-36(30)40(37)29-16-6-5-7-17-29/h3-26H,1H2,2H3/b15-4-,27-14+. The van der Waals surface area contributed by atoms with E-state index in [0.717, 1.165) is 5.57 Å². The zero-order chi connectivity index (χ0) is 27.1. The molecule has 0 saturated heterocycles. The monoisotopic (exact) mass is 511 g/mol. The minimum Gasteiger partial charge on any atom is -0.309 e. The topological polar surface area (TPSA) is 4.93 Å². The van der Waals surface area contributed by atoms with Crippen LogP contribution in [0.15, 0.2) is 152 Å². The Morgan fingerprint density at radius 3 is 1.82 bits per heavy atom. The summed E-state index contributed by atoms with van der Waals surface area (Å²) in [6, 6.07) is 43.9. The maximum absolute atomic E-state index is 4.00. The summed E-state index contributed by atoms with van der Waals surface area (Å²) in [4.78, 5) is 0. The van der Waals surface area contributed by atoms with Crippen LogP contribution in [0.2, 0.25) is 0 Å². The summed E-state index contributed by atoms with van der Waals surface area (Å²) in [7, 11) is 0.